The summed E-state index contributed by atoms with van der Waals surface area (Å²) in [4.78, 5) is 29.1. The van der Waals surface area contributed by atoms with Crippen molar-refractivity contribution in [3.05, 3.63) is 29.3 Å². The number of anilines is 1. The standard InChI is InChI=1S/C19H26ClN3O2/c1-14(18(24)21-17-6-4-16(20)5-7-17)22-12-8-15(9-13-22)19(25)23-10-2-3-11-23/h4-7,14-15H,2-3,8-13H2,1H3,(H,21,24)/t14-/m0/s1. The molecule has 0 bridgehead atoms. The fraction of sp³-hybridized carbons (Fsp3) is 0.579. The molecule has 2 aliphatic heterocycles. The van der Waals surface area contributed by atoms with Gasteiger partial charge >= 0.3 is 0 Å². The number of nitrogens with one attached hydrogen (secondary N) is 1. The molecule has 2 saturated heterocycles. The highest BCUT2D eigenvalue weighted by Gasteiger charge is 2.32. The molecule has 1 N–H and O–H groups in total. The van der Waals surface area contributed by atoms with Crippen molar-refractivity contribution >= 4 is 29.1 Å². The van der Waals surface area contributed by atoms with Crippen LogP contribution in [0.15, 0.2) is 24.3 Å². The summed E-state index contributed by atoms with van der Waals surface area (Å²) in [6.45, 7) is 5.34. The lowest BCUT2D eigenvalue weighted by Gasteiger charge is -2.36. The minimum absolute atomic E-state index is 0.0216. The van der Waals surface area contributed by atoms with Crippen LogP contribution in [0, 0.1) is 5.92 Å². The molecule has 25 heavy (non-hydrogen) atoms. The molecule has 2 fully saturated rings. The van der Waals surface area contributed by atoms with Crippen LogP contribution >= 0.6 is 11.6 Å². The maximum Gasteiger partial charge on any atom is 0.241 e. The average Bonchev–Trinajstić information content (AvgIpc) is 3.17. The number of benzene rings is 1. The normalized spacial score (nSPS) is 20.5. The van der Waals surface area contributed by atoms with Gasteiger partial charge in [-0.2, -0.15) is 0 Å². The summed E-state index contributed by atoms with van der Waals surface area (Å²) in [5.74, 6) is 0.419. The predicted octanol–water partition coefficient (Wildman–Crippen LogP) is 3.00. The zero-order chi connectivity index (χ0) is 17.8. The van der Waals surface area contributed by atoms with Gasteiger partial charge in [-0.3, -0.25) is 14.5 Å². The number of rotatable bonds is 4. The van der Waals surface area contributed by atoms with Gasteiger partial charge in [0.1, 0.15) is 0 Å². The van der Waals surface area contributed by atoms with Crippen LogP contribution < -0.4 is 5.32 Å². The molecule has 0 saturated carbocycles. The van der Waals surface area contributed by atoms with E-state index >= 15 is 0 Å². The van der Waals surface area contributed by atoms with Crippen LogP contribution in [0.25, 0.3) is 0 Å². The van der Waals surface area contributed by atoms with Crippen LogP contribution in [0.5, 0.6) is 0 Å². The quantitative estimate of drug-likeness (QED) is 0.894. The van der Waals surface area contributed by atoms with E-state index in [4.69, 9.17) is 11.6 Å². The lowest BCUT2D eigenvalue weighted by Crippen LogP contribution is -2.48. The number of hydrogen-bond acceptors (Lipinski definition) is 3. The Morgan fingerprint density at radius 3 is 2.28 bits per heavy atom. The van der Waals surface area contributed by atoms with E-state index in [0.717, 1.165) is 57.5 Å². The third kappa shape index (κ3) is 4.53. The Morgan fingerprint density at radius 1 is 1.08 bits per heavy atom. The van der Waals surface area contributed by atoms with Gasteiger partial charge in [-0.15, -0.1) is 0 Å². The molecule has 0 aliphatic carbocycles. The van der Waals surface area contributed by atoms with Crippen molar-refractivity contribution < 1.29 is 9.59 Å². The van der Waals surface area contributed by atoms with Crippen molar-refractivity contribution in [1.29, 1.82) is 0 Å². The van der Waals surface area contributed by atoms with Crippen LogP contribution in [-0.4, -0.2) is 53.8 Å². The molecule has 2 heterocycles. The lowest BCUT2D eigenvalue weighted by molar-refractivity contribution is -0.136. The molecule has 0 aromatic heterocycles. The summed E-state index contributed by atoms with van der Waals surface area (Å²) in [5.41, 5.74) is 0.750. The summed E-state index contributed by atoms with van der Waals surface area (Å²) in [7, 11) is 0. The molecule has 6 heteroatoms. The van der Waals surface area contributed by atoms with Crippen LogP contribution in [0.2, 0.25) is 5.02 Å². The van der Waals surface area contributed by atoms with E-state index in [2.05, 4.69) is 10.2 Å². The van der Waals surface area contributed by atoms with E-state index < -0.39 is 0 Å². The molecular formula is C19H26ClN3O2. The number of carbonyl (C=O) groups excluding carboxylic acids is 2. The largest absolute Gasteiger partial charge is 0.342 e. The van der Waals surface area contributed by atoms with E-state index in [1.165, 1.54) is 0 Å². The summed E-state index contributed by atoms with van der Waals surface area (Å²) in [6, 6.07) is 6.91. The highest BCUT2D eigenvalue weighted by Crippen LogP contribution is 2.23. The zero-order valence-corrected chi connectivity index (χ0v) is 15.5. The molecule has 0 unspecified atom stereocenters. The van der Waals surface area contributed by atoms with Crippen LogP contribution in [0.3, 0.4) is 0 Å². The zero-order valence-electron chi connectivity index (χ0n) is 14.7. The van der Waals surface area contributed by atoms with Gasteiger partial charge in [0.15, 0.2) is 0 Å². The summed E-state index contributed by atoms with van der Waals surface area (Å²) >= 11 is 5.87. The molecule has 1 aromatic carbocycles. The first-order valence-corrected chi connectivity index (χ1v) is 9.51. The first-order valence-electron chi connectivity index (χ1n) is 9.14. The maximum atomic E-state index is 12.5. The first-order chi connectivity index (χ1) is 12.0. The van der Waals surface area contributed by atoms with Crippen molar-refractivity contribution in [2.75, 3.05) is 31.5 Å². The second kappa shape index (κ2) is 8.19. The van der Waals surface area contributed by atoms with Gasteiger partial charge in [-0.1, -0.05) is 11.6 Å². The Hall–Kier alpha value is -1.59. The second-order valence-electron chi connectivity index (χ2n) is 7.01. The lowest BCUT2D eigenvalue weighted by atomic mass is 9.94. The molecule has 0 spiro atoms. The van der Waals surface area contributed by atoms with Gasteiger partial charge in [0, 0.05) is 29.7 Å². The van der Waals surface area contributed by atoms with Gasteiger partial charge < -0.3 is 10.2 Å². The number of carbonyl (C=O) groups is 2. The third-order valence-corrected chi connectivity index (χ3v) is 5.59. The number of nitrogens with zero attached hydrogens (tertiary/aromatic N) is 2. The first kappa shape index (κ1) is 18.2. The Labute approximate surface area is 154 Å². The van der Waals surface area contributed by atoms with Crippen LogP contribution in [0.4, 0.5) is 5.69 Å². The molecule has 5 nitrogen and oxygen atoms in total. The van der Waals surface area contributed by atoms with E-state index in [9.17, 15) is 9.59 Å². The number of amides is 2. The molecule has 1 aromatic rings. The van der Waals surface area contributed by atoms with E-state index in [1.54, 1.807) is 24.3 Å². The smallest absolute Gasteiger partial charge is 0.241 e. The van der Waals surface area contributed by atoms with Crippen molar-refractivity contribution in [2.24, 2.45) is 5.92 Å². The topological polar surface area (TPSA) is 52.7 Å². The fourth-order valence-electron chi connectivity index (χ4n) is 3.68. The van der Waals surface area contributed by atoms with Crippen molar-refractivity contribution in [1.82, 2.24) is 9.80 Å². The average molecular weight is 364 g/mol. The van der Waals surface area contributed by atoms with Crippen LogP contribution in [0.1, 0.15) is 32.6 Å². The molecule has 2 aliphatic rings. The molecule has 0 radical (unpaired) electrons. The Balaban J connectivity index is 1.48. The molecule has 1 atom stereocenters. The van der Waals surface area contributed by atoms with Crippen molar-refractivity contribution in [3.63, 3.8) is 0 Å². The van der Waals surface area contributed by atoms with Gasteiger partial charge in [0.05, 0.1) is 6.04 Å². The molecule has 2 amide bonds. The molecule has 136 valence electrons. The Kier molecular flexibility index (Phi) is 5.97. The van der Waals surface area contributed by atoms with Crippen molar-refractivity contribution in [2.45, 2.75) is 38.6 Å². The van der Waals surface area contributed by atoms with E-state index in [0.29, 0.717) is 10.9 Å². The Morgan fingerprint density at radius 2 is 1.68 bits per heavy atom. The summed E-state index contributed by atoms with van der Waals surface area (Å²) < 4.78 is 0. The predicted molar refractivity (Wildman–Crippen MR) is 99.7 cm³/mol. The van der Waals surface area contributed by atoms with Gasteiger partial charge in [0.2, 0.25) is 11.8 Å². The van der Waals surface area contributed by atoms with E-state index in [1.807, 2.05) is 11.8 Å². The summed E-state index contributed by atoms with van der Waals surface area (Å²) in [5, 5.41) is 3.58. The van der Waals surface area contributed by atoms with Gasteiger partial charge in [-0.25, -0.2) is 0 Å². The Bertz CT molecular complexity index is 606. The monoisotopic (exact) mass is 363 g/mol. The van der Waals surface area contributed by atoms with E-state index in [-0.39, 0.29) is 17.9 Å². The highest BCUT2D eigenvalue weighted by atomic mass is 35.5. The molecular weight excluding hydrogens is 338 g/mol. The second-order valence-corrected chi connectivity index (χ2v) is 7.45. The van der Waals surface area contributed by atoms with Gasteiger partial charge in [-0.05, 0) is 70.0 Å². The van der Waals surface area contributed by atoms with Crippen molar-refractivity contribution in [3.8, 4) is 0 Å². The van der Waals surface area contributed by atoms with Crippen LogP contribution in [-0.2, 0) is 9.59 Å². The minimum Gasteiger partial charge on any atom is -0.342 e. The minimum atomic E-state index is -0.210. The number of piperidine rings is 1. The highest BCUT2D eigenvalue weighted by molar-refractivity contribution is 6.30. The number of halogens is 1. The van der Waals surface area contributed by atoms with Gasteiger partial charge in [0.25, 0.3) is 0 Å². The maximum absolute atomic E-state index is 12.5. The number of likely N-dealkylation sites (tertiary alicyclic amines) is 2. The third-order valence-electron chi connectivity index (χ3n) is 5.34. The number of hydrogen-bond donors (Lipinski definition) is 1. The molecule has 3 rings (SSSR count). The SMILES string of the molecule is C[C@@H](C(=O)Nc1ccc(Cl)cc1)N1CCC(C(=O)N2CCCC2)CC1. The summed E-state index contributed by atoms with van der Waals surface area (Å²) in [6.07, 6.45) is 3.95. The fourth-order valence-corrected chi connectivity index (χ4v) is 3.80.